The molecule has 116 valence electrons. The van der Waals surface area contributed by atoms with E-state index in [-0.39, 0.29) is 5.82 Å². The fourth-order valence-electron chi connectivity index (χ4n) is 2.17. The maximum Gasteiger partial charge on any atom is 0.146 e. The van der Waals surface area contributed by atoms with Gasteiger partial charge in [-0.25, -0.2) is 14.4 Å². The van der Waals surface area contributed by atoms with E-state index in [4.69, 9.17) is 0 Å². The highest BCUT2D eigenvalue weighted by atomic mass is 19.1. The Morgan fingerprint density at radius 3 is 2.30 bits per heavy atom. The van der Waals surface area contributed by atoms with Crippen LogP contribution in [0, 0.1) is 5.82 Å². The summed E-state index contributed by atoms with van der Waals surface area (Å²) in [6.45, 7) is 2.12. The van der Waals surface area contributed by atoms with Crippen LogP contribution in [-0.2, 0) is 6.42 Å². The predicted molar refractivity (Wildman–Crippen MR) is 90.8 cm³/mol. The van der Waals surface area contributed by atoms with Crippen molar-refractivity contribution in [2.45, 2.75) is 13.3 Å². The maximum atomic E-state index is 13.7. The van der Waals surface area contributed by atoms with Crippen LogP contribution >= 0.6 is 0 Å². The van der Waals surface area contributed by atoms with Crippen molar-refractivity contribution in [1.29, 1.82) is 0 Å². The number of halogens is 1. The molecule has 0 fully saturated rings. The molecule has 0 bridgehead atoms. The molecule has 0 saturated carbocycles. The molecule has 5 heteroatoms. The van der Waals surface area contributed by atoms with Gasteiger partial charge in [-0.05, 0) is 36.2 Å². The van der Waals surface area contributed by atoms with E-state index in [1.54, 1.807) is 24.3 Å². The molecule has 0 aliphatic rings. The summed E-state index contributed by atoms with van der Waals surface area (Å²) in [7, 11) is 0. The van der Waals surface area contributed by atoms with Crippen LogP contribution in [0.2, 0.25) is 0 Å². The van der Waals surface area contributed by atoms with Crippen LogP contribution in [0.3, 0.4) is 0 Å². The van der Waals surface area contributed by atoms with Crippen molar-refractivity contribution in [3.8, 4) is 0 Å². The number of benzene rings is 2. The summed E-state index contributed by atoms with van der Waals surface area (Å²) < 4.78 is 13.7. The van der Waals surface area contributed by atoms with Crippen LogP contribution in [0.4, 0.5) is 27.4 Å². The maximum absolute atomic E-state index is 13.7. The second-order valence-corrected chi connectivity index (χ2v) is 5.07. The molecule has 2 N–H and O–H groups in total. The van der Waals surface area contributed by atoms with Gasteiger partial charge in [0, 0.05) is 11.8 Å². The number of nitrogens with zero attached hydrogens (tertiary/aromatic N) is 2. The molecule has 0 saturated heterocycles. The Bertz CT molecular complexity index is 787. The van der Waals surface area contributed by atoms with E-state index < -0.39 is 0 Å². The van der Waals surface area contributed by atoms with Crippen molar-refractivity contribution >= 4 is 23.0 Å². The Hall–Kier alpha value is -2.95. The number of aromatic nitrogens is 2. The van der Waals surface area contributed by atoms with Gasteiger partial charge in [-0.2, -0.15) is 0 Å². The van der Waals surface area contributed by atoms with E-state index in [1.165, 1.54) is 18.0 Å². The molecule has 1 heterocycles. The molecule has 0 atom stereocenters. The predicted octanol–water partition coefficient (Wildman–Crippen LogP) is 4.67. The zero-order chi connectivity index (χ0) is 16.1. The first-order chi connectivity index (χ1) is 11.2. The van der Waals surface area contributed by atoms with Crippen LogP contribution in [0.1, 0.15) is 12.5 Å². The van der Waals surface area contributed by atoms with E-state index in [1.807, 2.05) is 12.1 Å². The summed E-state index contributed by atoms with van der Waals surface area (Å²) in [6, 6.07) is 16.4. The molecule has 0 radical (unpaired) electrons. The largest absolute Gasteiger partial charge is 0.340 e. The van der Waals surface area contributed by atoms with Gasteiger partial charge < -0.3 is 10.6 Å². The van der Waals surface area contributed by atoms with Crippen molar-refractivity contribution in [3.05, 3.63) is 72.3 Å². The Labute approximate surface area is 134 Å². The van der Waals surface area contributed by atoms with Crippen molar-refractivity contribution in [2.75, 3.05) is 10.6 Å². The lowest BCUT2D eigenvalue weighted by molar-refractivity contribution is 0.632. The molecule has 1 aromatic heterocycles. The van der Waals surface area contributed by atoms with Gasteiger partial charge in [0.15, 0.2) is 0 Å². The van der Waals surface area contributed by atoms with Gasteiger partial charge in [-0.15, -0.1) is 0 Å². The lowest BCUT2D eigenvalue weighted by Crippen LogP contribution is -1.99. The zero-order valence-electron chi connectivity index (χ0n) is 12.8. The van der Waals surface area contributed by atoms with Crippen LogP contribution in [-0.4, -0.2) is 9.97 Å². The minimum Gasteiger partial charge on any atom is -0.340 e. The summed E-state index contributed by atoms with van der Waals surface area (Å²) in [6.07, 6.45) is 2.44. The van der Waals surface area contributed by atoms with Gasteiger partial charge in [0.05, 0.1) is 5.69 Å². The Balaban J connectivity index is 1.75. The second-order valence-electron chi connectivity index (χ2n) is 5.07. The standard InChI is InChI=1S/C18H17FN4/c1-2-13-7-9-14(10-8-13)22-17-11-18(21-12-20-17)23-16-6-4-3-5-15(16)19/h3-12H,2H2,1H3,(H2,20,21,22,23). The summed E-state index contributed by atoms with van der Waals surface area (Å²) in [4.78, 5) is 8.30. The third-order valence-corrected chi connectivity index (χ3v) is 3.44. The Morgan fingerprint density at radius 1 is 0.913 bits per heavy atom. The van der Waals surface area contributed by atoms with E-state index >= 15 is 0 Å². The molecule has 23 heavy (non-hydrogen) atoms. The number of para-hydroxylation sites is 1. The lowest BCUT2D eigenvalue weighted by atomic mass is 10.1. The van der Waals surface area contributed by atoms with Crippen LogP contribution in [0.5, 0.6) is 0 Å². The summed E-state index contributed by atoms with van der Waals surface area (Å²) in [5.41, 5.74) is 2.60. The topological polar surface area (TPSA) is 49.8 Å². The van der Waals surface area contributed by atoms with Gasteiger partial charge >= 0.3 is 0 Å². The Kier molecular flexibility index (Phi) is 4.47. The number of anilines is 4. The monoisotopic (exact) mass is 308 g/mol. The van der Waals surface area contributed by atoms with Crippen molar-refractivity contribution in [2.24, 2.45) is 0 Å². The number of nitrogens with one attached hydrogen (secondary N) is 2. The molecule has 0 aliphatic carbocycles. The zero-order valence-corrected chi connectivity index (χ0v) is 12.8. The van der Waals surface area contributed by atoms with Crippen LogP contribution in [0.15, 0.2) is 60.9 Å². The van der Waals surface area contributed by atoms with Crippen LogP contribution in [0.25, 0.3) is 0 Å². The fraction of sp³-hybridized carbons (Fsp3) is 0.111. The molecule has 3 rings (SSSR count). The highest BCUT2D eigenvalue weighted by Gasteiger charge is 2.04. The molecule has 0 spiro atoms. The average molecular weight is 308 g/mol. The third kappa shape index (κ3) is 3.83. The minimum atomic E-state index is -0.323. The van der Waals surface area contributed by atoms with E-state index in [0.29, 0.717) is 17.3 Å². The van der Waals surface area contributed by atoms with E-state index in [2.05, 4.69) is 39.7 Å². The van der Waals surface area contributed by atoms with Crippen molar-refractivity contribution < 1.29 is 4.39 Å². The van der Waals surface area contributed by atoms with E-state index in [9.17, 15) is 4.39 Å². The third-order valence-electron chi connectivity index (χ3n) is 3.44. The SMILES string of the molecule is CCc1ccc(Nc2cc(Nc3ccccc3F)ncn2)cc1. The first-order valence-corrected chi connectivity index (χ1v) is 7.44. The number of aryl methyl sites for hydroxylation is 1. The highest BCUT2D eigenvalue weighted by Crippen LogP contribution is 2.21. The normalized spacial score (nSPS) is 10.3. The quantitative estimate of drug-likeness (QED) is 0.719. The first-order valence-electron chi connectivity index (χ1n) is 7.44. The molecular formula is C18H17FN4. The summed E-state index contributed by atoms with van der Waals surface area (Å²) >= 11 is 0. The number of rotatable bonds is 5. The van der Waals surface area contributed by atoms with Gasteiger partial charge in [0.2, 0.25) is 0 Å². The summed E-state index contributed by atoms with van der Waals surface area (Å²) in [5, 5.41) is 6.16. The molecule has 2 aromatic carbocycles. The molecule has 4 nitrogen and oxygen atoms in total. The average Bonchev–Trinajstić information content (AvgIpc) is 2.58. The molecule has 0 unspecified atom stereocenters. The lowest BCUT2D eigenvalue weighted by Gasteiger charge is -2.09. The van der Waals surface area contributed by atoms with Crippen molar-refractivity contribution in [1.82, 2.24) is 9.97 Å². The fourth-order valence-corrected chi connectivity index (χ4v) is 2.17. The molecule has 0 amide bonds. The van der Waals surface area contributed by atoms with E-state index in [0.717, 1.165) is 12.1 Å². The minimum absolute atomic E-state index is 0.323. The summed E-state index contributed by atoms with van der Waals surface area (Å²) in [5.74, 6) is 0.844. The molecule has 3 aromatic rings. The smallest absolute Gasteiger partial charge is 0.146 e. The highest BCUT2D eigenvalue weighted by molar-refractivity contribution is 5.63. The van der Waals surface area contributed by atoms with Gasteiger partial charge in [0.25, 0.3) is 0 Å². The van der Waals surface area contributed by atoms with Crippen LogP contribution < -0.4 is 10.6 Å². The molecular weight excluding hydrogens is 291 g/mol. The molecule has 0 aliphatic heterocycles. The number of hydrogen-bond acceptors (Lipinski definition) is 4. The van der Waals surface area contributed by atoms with Gasteiger partial charge in [-0.3, -0.25) is 0 Å². The van der Waals surface area contributed by atoms with Gasteiger partial charge in [0.1, 0.15) is 23.8 Å². The number of hydrogen-bond donors (Lipinski definition) is 2. The van der Waals surface area contributed by atoms with Crippen molar-refractivity contribution in [3.63, 3.8) is 0 Å². The van der Waals surface area contributed by atoms with Gasteiger partial charge in [-0.1, -0.05) is 31.2 Å². The second kappa shape index (κ2) is 6.87. The Morgan fingerprint density at radius 2 is 1.61 bits per heavy atom. The first kappa shape index (κ1) is 15.0.